The Bertz CT molecular complexity index is 1440. The number of halogens is 5. The third kappa shape index (κ3) is 5.51. The normalized spacial score (nSPS) is 19.8. The molecule has 13 heteroatoms. The Morgan fingerprint density at radius 3 is 2.78 bits per heavy atom. The largest absolute Gasteiger partial charge is 0.416 e. The van der Waals surface area contributed by atoms with E-state index in [1.165, 1.54) is 28.6 Å². The van der Waals surface area contributed by atoms with Gasteiger partial charge in [-0.25, -0.2) is 0 Å². The van der Waals surface area contributed by atoms with Crippen molar-refractivity contribution in [2.24, 2.45) is 4.99 Å². The number of aliphatic hydroxyl groups is 1. The zero-order chi connectivity index (χ0) is 26.3. The number of alkyl halides is 3. The third-order valence-electron chi connectivity index (χ3n) is 5.95. The van der Waals surface area contributed by atoms with E-state index in [1.807, 2.05) is 4.90 Å². The lowest BCUT2D eigenvalue weighted by Gasteiger charge is -2.32. The molecule has 0 aliphatic carbocycles. The van der Waals surface area contributed by atoms with Gasteiger partial charge < -0.3 is 14.7 Å². The van der Waals surface area contributed by atoms with Gasteiger partial charge in [-0.05, 0) is 53.2 Å². The fourth-order valence-electron chi connectivity index (χ4n) is 4.17. The summed E-state index contributed by atoms with van der Waals surface area (Å²) >= 11 is 13.4. The van der Waals surface area contributed by atoms with Crippen LogP contribution in [0.4, 0.5) is 13.2 Å². The molecule has 3 heterocycles. The van der Waals surface area contributed by atoms with Crippen LogP contribution in [0.15, 0.2) is 46.3 Å². The fourth-order valence-corrected chi connectivity index (χ4v) is 5.53. The monoisotopic (exact) mass is 570 g/mol. The van der Waals surface area contributed by atoms with Crippen molar-refractivity contribution >= 4 is 63.0 Å². The maximum atomic E-state index is 13.5. The molecule has 1 fully saturated rings. The van der Waals surface area contributed by atoms with Crippen molar-refractivity contribution in [2.45, 2.75) is 18.8 Å². The summed E-state index contributed by atoms with van der Waals surface area (Å²) in [5, 5.41) is 14.8. The van der Waals surface area contributed by atoms with E-state index in [9.17, 15) is 23.1 Å². The second-order valence-electron chi connectivity index (χ2n) is 8.46. The van der Waals surface area contributed by atoms with Crippen LogP contribution < -0.4 is 0 Å². The SMILES string of the molecule is O=C1N=C(N2CCO[C@H](CO)C2)SC1=Cc1ccc2c(c1)c(Cl)nn2Cc1ccc(Cl)cc1C(F)(F)F. The summed E-state index contributed by atoms with van der Waals surface area (Å²) < 4.78 is 47.4. The number of benzene rings is 2. The minimum Gasteiger partial charge on any atom is -0.394 e. The van der Waals surface area contributed by atoms with Gasteiger partial charge in [0.25, 0.3) is 5.91 Å². The molecule has 2 aromatic carbocycles. The molecule has 37 heavy (non-hydrogen) atoms. The van der Waals surface area contributed by atoms with E-state index >= 15 is 0 Å². The summed E-state index contributed by atoms with van der Waals surface area (Å²) in [7, 11) is 0. The van der Waals surface area contributed by atoms with E-state index in [0.717, 1.165) is 6.07 Å². The molecular formula is C24H19Cl2F3N4O3S. The van der Waals surface area contributed by atoms with E-state index in [2.05, 4.69) is 10.1 Å². The van der Waals surface area contributed by atoms with Gasteiger partial charge >= 0.3 is 6.18 Å². The number of ether oxygens (including phenoxy) is 1. The molecule has 3 aromatic rings. The first-order valence-electron chi connectivity index (χ1n) is 11.1. The maximum Gasteiger partial charge on any atom is 0.416 e. The molecule has 7 nitrogen and oxygen atoms in total. The molecule has 1 saturated heterocycles. The number of thioether (sulfide) groups is 1. The Hall–Kier alpha value is -2.57. The highest BCUT2D eigenvalue weighted by atomic mass is 35.5. The van der Waals surface area contributed by atoms with Crippen LogP contribution in [0.25, 0.3) is 17.0 Å². The van der Waals surface area contributed by atoms with Crippen molar-refractivity contribution in [3.05, 3.63) is 68.2 Å². The summed E-state index contributed by atoms with van der Waals surface area (Å²) in [5.41, 5.74) is 0.382. The van der Waals surface area contributed by atoms with E-state index in [1.54, 1.807) is 24.3 Å². The third-order valence-corrected chi connectivity index (χ3v) is 7.51. The van der Waals surface area contributed by atoms with Crippen LogP contribution in [0, 0.1) is 0 Å². The number of aliphatic imine (C=N–C) groups is 1. The van der Waals surface area contributed by atoms with Crippen LogP contribution in [-0.4, -0.2) is 63.3 Å². The van der Waals surface area contributed by atoms with Crippen LogP contribution in [0.2, 0.25) is 10.2 Å². The molecule has 0 radical (unpaired) electrons. The lowest BCUT2D eigenvalue weighted by molar-refractivity contribution is -0.138. The molecule has 194 valence electrons. The number of fused-ring (bicyclic) bond motifs is 1. The molecular weight excluding hydrogens is 552 g/mol. The molecule has 1 N–H and O–H groups in total. The van der Waals surface area contributed by atoms with Crippen LogP contribution in [0.3, 0.4) is 0 Å². The molecule has 1 amide bonds. The van der Waals surface area contributed by atoms with Crippen LogP contribution >= 0.6 is 35.0 Å². The molecule has 5 rings (SSSR count). The number of amidine groups is 1. The minimum absolute atomic E-state index is 0.00772. The lowest BCUT2D eigenvalue weighted by atomic mass is 10.1. The fraction of sp³-hybridized carbons (Fsp3) is 0.292. The number of carbonyl (C=O) groups excluding carboxylic acids is 1. The number of aromatic nitrogens is 2. The molecule has 0 saturated carbocycles. The van der Waals surface area contributed by atoms with Crippen molar-refractivity contribution < 1.29 is 27.8 Å². The average molecular weight is 571 g/mol. The predicted molar refractivity (Wildman–Crippen MR) is 137 cm³/mol. The quantitative estimate of drug-likeness (QED) is 0.441. The molecule has 0 bridgehead atoms. The highest BCUT2D eigenvalue weighted by Crippen LogP contribution is 2.36. The van der Waals surface area contributed by atoms with Gasteiger partial charge in [0.1, 0.15) is 0 Å². The van der Waals surface area contributed by atoms with Gasteiger partial charge in [0.15, 0.2) is 10.3 Å². The summed E-state index contributed by atoms with van der Waals surface area (Å²) in [4.78, 5) is 19.0. The average Bonchev–Trinajstić information content (AvgIpc) is 3.38. The second-order valence-corrected chi connectivity index (χ2v) is 10.3. The molecule has 2 aliphatic rings. The van der Waals surface area contributed by atoms with Crippen molar-refractivity contribution in [3.8, 4) is 0 Å². The Labute approximate surface area is 223 Å². The number of morpholine rings is 1. The highest BCUT2D eigenvalue weighted by molar-refractivity contribution is 8.18. The van der Waals surface area contributed by atoms with Crippen molar-refractivity contribution in [1.82, 2.24) is 14.7 Å². The van der Waals surface area contributed by atoms with Gasteiger partial charge in [0.2, 0.25) is 0 Å². The molecule has 1 atom stereocenters. The maximum absolute atomic E-state index is 13.5. The summed E-state index contributed by atoms with van der Waals surface area (Å²) in [6.45, 7) is 1.16. The number of rotatable bonds is 4. The first-order valence-corrected chi connectivity index (χ1v) is 12.7. The van der Waals surface area contributed by atoms with Crippen molar-refractivity contribution in [1.29, 1.82) is 0 Å². The highest BCUT2D eigenvalue weighted by Gasteiger charge is 2.34. The topological polar surface area (TPSA) is 80.0 Å². The first kappa shape index (κ1) is 26.1. The van der Waals surface area contributed by atoms with Crippen LogP contribution in [0.1, 0.15) is 16.7 Å². The van der Waals surface area contributed by atoms with Crippen LogP contribution in [-0.2, 0) is 22.3 Å². The van der Waals surface area contributed by atoms with E-state index < -0.39 is 11.7 Å². The number of amides is 1. The number of carbonyl (C=O) groups is 1. The minimum atomic E-state index is -4.57. The Morgan fingerprint density at radius 1 is 1.22 bits per heavy atom. The first-order chi connectivity index (χ1) is 17.6. The van der Waals surface area contributed by atoms with Gasteiger partial charge in [-0.15, -0.1) is 0 Å². The Kier molecular flexibility index (Phi) is 7.25. The van der Waals surface area contributed by atoms with Crippen molar-refractivity contribution in [3.63, 3.8) is 0 Å². The number of aliphatic hydroxyl groups excluding tert-OH is 1. The van der Waals surface area contributed by atoms with Gasteiger partial charge in [-0.2, -0.15) is 23.3 Å². The summed E-state index contributed by atoms with van der Waals surface area (Å²) in [5.74, 6) is -0.378. The summed E-state index contributed by atoms with van der Waals surface area (Å²) in [6, 6.07) is 8.77. The van der Waals surface area contributed by atoms with Gasteiger partial charge in [0.05, 0.1) is 41.8 Å². The smallest absolute Gasteiger partial charge is 0.394 e. The predicted octanol–water partition coefficient (Wildman–Crippen LogP) is 5.07. The molecule has 1 aromatic heterocycles. The summed E-state index contributed by atoms with van der Waals surface area (Å²) in [6.07, 6.45) is -3.22. The molecule has 0 spiro atoms. The number of nitrogens with zero attached hydrogens (tertiary/aromatic N) is 4. The van der Waals surface area contributed by atoms with E-state index in [4.69, 9.17) is 27.9 Å². The molecule has 2 aliphatic heterocycles. The lowest BCUT2D eigenvalue weighted by Crippen LogP contribution is -2.45. The second kappa shape index (κ2) is 10.3. The van der Waals surface area contributed by atoms with Gasteiger partial charge in [-0.1, -0.05) is 35.3 Å². The van der Waals surface area contributed by atoms with E-state index in [0.29, 0.717) is 46.2 Å². The van der Waals surface area contributed by atoms with Gasteiger partial charge in [-0.3, -0.25) is 9.48 Å². The number of hydrogen-bond acceptors (Lipinski definition) is 6. The molecule has 0 unspecified atom stereocenters. The zero-order valence-corrected chi connectivity index (χ0v) is 21.3. The Balaban J connectivity index is 1.39. The van der Waals surface area contributed by atoms with Crippen LogP contribution in [0.5, 0.6) is 0 Å². The van der Waals surface area contributed by atoms with Crippen molar-refractivity contribution in [2.75, 3.05) is 26.3 Å². The zero-order valence-electron chi connectivity index (χ0n) is 19.0. The number of hydrogen-bond donors (Lipinski definition) is 1. The van der Waals surface area contributed by atoms with Gasteiger partial charge in [0, 0.05) is 23.5 Å². The van der Waals surface area contributed by atoms with E-state index in [-0.39, 0.29) is 40.9 Å². The standard InChI is InChI=1S/C24H19Cl2F3N4O3S/c25-15-3-2-14(18(9-15)24(27,28)29)10-33-19-4-1-13(7-17(19)21(26)31-33)8-20-22(35)30-23(37-20)32-5-6-36-16(11-32)12-34/h1-4,7-9,16,34H,5-6,10-12H2/t16-/m0/s1. The Morgan fingerprint density at radius 2 is 2.03 bits per heavy atom.